The zero-order valence-corrected chi connectivity index (χ0v) is 22.2. The smallest absolute Gasteiger partial charge is 0.0771 e. The van der Waals surface area contributed by atoms with Crippen LogP contribution in [0.1, 0.15) is 113 Å². The second kappa shape index (κ2) is 7.70. The van der Waals surface area contributed by atoms with Gasteiger partial charge in [-0.25, -0.2) is 0 Å². The Kier molecular flexibility index (Phi) is 5.90. The van der Waals surface area contributed by atoms with Gasteiger partial charge >= 0.3 is 0 Å². The van der Waals surface area contributed by atoms with E-state index >= 15 is 0 Å². The van der Waals surface area contributed by atoms with Crippen LogP contribution in [0.25, 0.3) is 0 Å². The normalized spacial score (nSPS) is 44.9. The molecule has 4 aliphatic rings. The van der Waals surface area contributed by atoms with Crippen LogP contribution >= 0.6 is 0 Å². The van der Waals surface area contributed by atoms with Crippen molar-refractivity contribution in [3.63, 3.8) is 0 Å². The van der Waals surface area contributed by atoms with Crippen LogP contribution in [-0.4, -0.2) is 21.9 Å². The summed E-state index contributed by atoms with van der Waals surface area (Å²) in [5.74, 6) is 2.01. The fraction of sp³-hybridized carbons (Fsp3) is 0.867. The summed E-state index contributed by atoms with van der Waals surface area (Å²) in [5, 5.41) is 20.9. The third-order valence-electron chi connectivity index (χ3n) is 11.5. The van der Waals surface area contributed by atoms with Gasteiger partial charge in [0.2, 0.25) is 0 Å². The van der Waals surface area contributed by atoms with E-state index < -0.39 is 5.60 Å². The summed E-state index contributed by atoms with van der Waals surface area (Å²) >= 11 is 0. The maximum Gasteiger partial charge on any atom is 0.0771 e. The zero-order chi connectivity index (χ0) is 23.7. The molecule has 0 spiro atoms. The van der Waals surface area contributed by atoms with E-state index in [4.69, 9.17) is 0 Å². The monoisotopic (exact) mass is 442 g/mol. The highest BCUT2D eigenvalue weighted by atomic mass is 16.3. The summed E-state index contributed by atoms with van der Waals surface area (Å²) in [6.07, 6.45) is 15.0. The lowest BCUT2D eigenvalue weighted by Gasteiger charge is -2.62. The van der Waals surface area contributed by atoms with E-state index in [1.54, 1.807) is 0 Å². The maximum atomic E-state index is 10.8. The number of fused-ring (bicyclic) bond motifs is 4. The third-order valence-corrected chi connectivity index (χ3v) is 11.5. The molecule has 32 heavy (non-hydrogen) atoms. The lowest BCUT2D eigenvalue weighted by Crippen LogP contribution is -2.55. The zero-order valence-electron chi connectivity index (χ0n) is 22.2. The predicted molar refractivity (Wildman–Crippen MR) is 134 cm³/mol. The molecule has 4 aliphatic carbocycles. The van der Waals surface area contributed by atoms with E-state index in [1.807, 2.05) is 31.1 Å². The van der Waals surface area contributed by atoms with Crippen LogP contribution in [0.4, 0.5) is 0 Å². The fourth-order valence-corrected chi connectivity index (χ4v) is 9.36. The van der Waals surface area contributed by atoms with E-state index in [0.717, 1.165) is 25.2 Å². The number of aliphatic hydroxyl groups is 2. The van der Waals surface area contributed by atoms with Gasteiger partial charge in [0.1, 0.15) is 0 Å². The Labute approximate surface area is 198 Å². The van der Waals surface area contributed by atoms with Crippen LogP contribution in [0.5, 0.6) is 0 Å². The molecule has 0 radical (unpaired) electrons. The average molecular weight is 443 g/mol. The number of hydrogen-bond donors (Lipinski definition) is 2. The Morgan fingerprint density at radius 1 is 0.969 bits per heavy atom. The van der Waals surface area contributed by atoms with Crippen molar-refractivity contribution in [1.29, 1.82) is 0 Å². The molecule has 2 nitrogen and oxygen atoms in total. The van der Waals surface area contributed by atoms with Crippen LogP contribution in [-0.2, 0) is 0 Å². The van der Waals surface area contributed by atoms with E-state index in [2.05, 4.69) is 47.6 Å². The molecule has 0 aromatic carbocycles. The summed E-state index contributed by atoms with van der Waals surface area (Å²) in [7, 11) is 0. The highest BCUT2D eigenvalue weighted by molar-refractivity contribution is 5.38. The van der Waals surface area contributed by atoms with Gasteiger partial charge in [0.05, 0.1) is 11.7 Å². The van der Waals surface area contributed by atoms with E-state index in [1.165, 1.54) is 38.5 Å². The molecular formula is C30H50O2. The summed E-state index contributed by atoms with van der Waals surface area (Å²) in [6, 6.07) is 0. The second-order valence-electron chi connectivity index (χ2n) is 14.0. The van der Waals surface area contributed by atoms with Gasteiger partial charge in [-0.3, -0.25) is 0 Å². The molecule has 1 unspecified atom stereocenters. The number of aliphatic hydroxyl groups excluding tert-OH is 1. The summed E-state index contributed by atoms with van der Waals surface area (Å²) < 4.78 is 0. The van der Waals surface area contributed by atoms with Crippen molar-refractivity contribution >= 4 is 0 Å². The highest BCUT2D eigenvalue weighted by Crippen LogP contribution is 2.72. The van der Waals surface area contributed by atoms with E-state index in [0.29, 0.717) is 22.7 Å². The van der Waals surface area contributed by atoms with E-state index in [9.17, 15) is 10.2 Å². The molecular weight excluding hydrogens is 392 g/mol. The molecule has 7 atom stereocenters. The van der Waals surface area contributed by atoms with Gasteiger partial charge in [-0.2, -0.15) is 0 Å². The lowest BCUT2D eigenvalue weighted by molar-refractivity contribution is -0.0961. The summed E-state index contributed by atoms with van der Waals surface area (Å²) in [5.41, 5.74) is 3.93. The summed E-state index contributed by atoms with van der Waals surface area (Å²) in [6.45, 7) is 18.6. The molecule has 0 saturated heterocycles. The molecule has 0 heterocycles. The molecule has 2 saturated carbocycles. The first kappa shape index (κ1) is 24.5. The Balaban J connectivity index is 1.64. The number of hydrogen-bond acceptors (Lipinski definition) is 2. The minimum Gasteiger partial charge on any atom is -0.393 e. The van der Waals surface area contributed by atoms with Gasteiger partial charge in [-0.05, 0) is 111 Å². The lowest BCUT2D eigenvalue weighted by atomic mass is 9.43. The first-order chi connectivity index (χ1) is 14.7. The molecule has 182 valence electrons. The Morgan fingerprint density at radius 2 is 1.66 bits per heavy atom. The Hall–Kier alpha value is -0.600. The third kappa shape index (κ3) is 3.49. The van der Waals surface area contributed by atoms with Gasteiger partial charge in [-0.15, -0.1) is 0 Å². The quantitative estimate of drug-likeness (QED) is 0.444. The topological polar surface area (TPSA) is 40.5 Å². The van der Waals surface area contributed by atoms with Gasteiger partial charge in [-0.1, -0.05) is 64.8 Å². The molecule has 0 aromatic heterocycles. The minimum atomic E-state index is -0.714. The van der Waals surface area contributed by atoms with Crippen LogP contribution in [0.2, 0.25) is 0 Å². The maximum absolute atomic E-state index is 10.8. The van der Waals surface area contributed by atoms with Gasteiger partial charge in [0, 0.05) is 0 Å². The number of allylic oxidation sites excluding steroid dienone is 3. The predicted octanol–water partition coefficient (Wildman–Crippen LogP) is 7.45. The summed E-state index contributed by atoms with van der Waals surface area (Å²) in [4.78, 5) is 0. The molecule has 2 fully saturated rings. The van der Waals surface area contributed by atoms with Crippen LogP contribution in [0, 0.1) is 39.4 Å². The van der Waals surface area contributed by atoms with Crippen LogP contribution < -0.4 is 0 Å². The van der Waals surface area contributed by atoms with Crippen molar-refractivity contribution in [3.05, 3.63) is 23.3 Å². The van der Waals surface area contributed by atoms with Crippen molar-refractivity contribution in [2.75, 3.05) is 0 Å². The minimum absolute atomic E-state index is 0.0206. The first-order valence-corrected chi connectivity index (χ1v) is 13.5. The SMILES string of the molecule is C[C@H](C/C=C/C(C)(C)O)[C@@H]1CC[C@]2(C)C3=C(CC[C@@]12C)[C@@]1(C)CC[C@H](O)C(C)(C)C1CC3. The van der Waals surface area contributed by atoms with E-state index in [-0.39, 0.29) is 16.9 Å². The Morgan fingerprint density at radius 3 is 2.31 bits per heavy atom. The standard InChI is InChI=1S/C30H50O2/c1-20(10-9-16-26(2,3)32)21-13-18-30(8)23-11-12-24-27(4,5)25(31)15-17-28(24,6)22(23)14-19-29(21,30)7/h9,16,20-21,24-25,31-32H,10-15,17-19H2,1-8H3/b16-9+/t20-,21+,24?,25+,28-,29+,30-/m1/s1. The average Bonchev–Trinajstić information content (AvgIpc) is 2.96. The van der Waals surface area contributed by atoms with Gasteiger partial charge in [0.25, 0.3) is 0 Å². The van der Waals surface area contributed by atoms with Crippen molar-refractivity contribution in [2.45, 2.75) is 125 Å². The highest BCUT2D eigenvalue weighted by Gasteiger charge is 2.63. The van der Waals surface area contributed by atoms with Crippen molar-refractivity contribution in [2.24, 2.45) is 39.4 Å². The van der Waals surface area contributed by atoms with Crippen LogP contribution in [0.3, 0.4) is 0 Å². The molecule has 0 aliphatic heterocycles. The van der Waals surface area contributed by atoms with Crippen molar-refractivity contribution in [3.8, 4) is 0 Å². The molecule has 2 heteroatoms. The molecule has 4 rings (SSSR count). The van der Waals surface area contributed by atoms with Crippen molar-refractivity contribution in [1.82, 2.24) is 0 Å². The van der Waals surface area contributed by atoms with Crippen LogP contribution in [0.15, 0.2) is 23.3 Å². The largest absolute Gasteiger partial charge is 0.393 e. The fourth-order valence-electron chi connectivity index (χ4n) is 9.36. The van der Waals surface area contributed by atoms with Gasteiger partial charge < -0.3 is 10.2 Å². The molecule has 0 bridgehead atoms. The number of rotatable bonds is 4. The molecule has 0 aromatic rings. The van der Waals surface area contributed by atoms with Gasteiger partial charge in [0.15, 0.2) is 0 Å². The molecule has 2 N–H and O–H groups in total. The van der Waals surface area contributed by atoms with Crippen molar-refractivity contribution < 1.29 is 10.2 Å². The molecule has 0 amide bonds. The first-order valence-electron chi connectivity index (χ1n) is 13.5. The Bertz CT molecular complexity index is 798. The second-order valence-corrected chi connectivity index (χ2v) is 14.0.